The van der Waals surface area contributed by atoms with Crippen LogP contribution < -0.4 is 5.32 Å². The highest BCUT2D eigenvalue weighted by atomic mass is 16.2. The smallest absolute Gasteiger partial charge is 0.246 e. The van der Waals surface area contributed by atoms with Gasteiger partial charge in [0.25, 0.3) is 0 Å². The van der Waals surface area contributed by atoms with Crippen molar-refractivity contribution in [3.8, 4) is 0 Å². The number of rotatable bonds is 18. The molecule has 0 aromatic rings. The molecule has 1 aliphatic heterocycles. The molecule has 0 bridgehead atoms. The molecule has 1 unspecified atom stereocenters. The Morgan fingerprint density at radius 2 is 1.42 bits per heavy atom. The van der Waals surface area contributed by atoms with E-state index in [9.17, 15) is 9.59 Å². The van der Waals surface area contributed by atoms with Gasteiger partial charge in [-0.15, -0.1) is 0 Å². The van der Waals surface area contributed by atoms with Gasteiger partial charge in [0.2, 0.25) is 11.8 Å². The fraction of sp³-hybridized carbons (Fsp3) is 0.897. The van der Waals surface area contributed by atoms with Crippen LogP contribution in [0.3, 0.4) is 0 Å². The summed E-state index contributed by atoms with van der Waals surface area (Å²) in [5.41, 5.74) is 0.434. The Bertz CT molecular complexity index is 915. The summed E-state index contributed by atoms with van der Waals surface area (Å²) in [6.45, 7) is 9.57. The van der Waals surface area contributed by atoms with E-state index in [0.29, 0.717) is 29.7 Å². The standard InChI is InChI=1S/C39H68N2O2/c1-6-7-8-9-10-11-12-13-14-15-16-17-18-19-20-21-36(42)40-30(2)32-23-24-33-31-22-25-35-39(4,29-27-37(43)41(35)5)34(31)26-28-38(32,33)3/h27,29-35H,6-26,28H2,1-5H3,(H,40,42)/t30?,31-,32+,33-,34-,35+,38+,39+/m0/s1. The highest BCUT2D eigenvalue weighted by molar-refractivity contribution is 5.89. The van der Waals surface area contributed by atoms with Gasteiger partial charge < -0.3 is 10.2 Å². The molecule has 0 radical (unpaired) electrons. The molecular weight excluding hydrogens is 528 g/mol. The lowest BCUT2D eigenvalue weighted by atomic mass is 9.47. The normalized spacial score (nSPS) is 34.0. The van der Waals surface area contributed by atoms with Crippen LogP contribution in [0.2, 0.25) is 0 Å². The molecule has 0 aromatic heterocycles. The van der Waals surface area contributed by atoms with E-state index < -0.39 is 0 Å². The molecule has 8 atom stereocenters. The van der Waals surface area contributed by atoms with E-state index in [1.54, 1.807) is 0 Å². The molecule has 1 heterocycles. The van der Waals surface area contributed by atoms with Crippen LogP contribution in [-0.4, -0.2) is 35.8 Å². The third-order valence-electron chi connectivity index (χ3n) is 13.2. The Morgan fingerprint density at radius 1 is 0.837 bits per heavy atom. The van der Waals surface area contributed by atoms with Crippen molar-refractivity contribution in [2.45, 2.75) is 181 Å². The highest BCUT2D eigenvalue weighted by Gasteiger charge is 2.61. The third kappa shape index (κ3) is 8.29. The molecule has 2 amide bonds. The lowest BCUT2D eigenvalue weighted by molar-refractivity contribution is -0.139. The van der Waals surface area contributed by atoms with Crippen molar-refractivity contribution < 1.29 is 9.59 Å². The van der Waals surface area contributed by atoms with Crippen LogP contribution in [0.4, 0.5) is 0 Å². The van der Waals surface area contributed by atoms with Gasteiger partial charge in [-0.05, 0) is 87.0 Å². The van der Waals surface area contributed by atoms with Crippen molar-refractivity contribution >= 4 is 11.8 Å². The van der Waals surface area contributed by atoms with Crippen molar-refractivity contribution in [2.75, 3.05) is 7.05 Å². The second kappa shape index (κ2) is 16.3. The Kier molecular flexibility index (Phi) is 13.1. The van der Waals surface area contributed by atoms with Gasteiger partial charge in [-0.25, -0.2) is 0 Å². The van der Waals surface area contributed by atoms with Gasteiger partial charge in [0, 0.05) is 31.0 Å². The van der Waals surface area contributed by atoms with E-state index in [1.807, 2.05) is 18.0 Å². The lowest BCUT2D eigenvalue weighted by Gasteiger charge is -2.60. The summed E-state index contributed by atoms with van der Waals surface area (Å²) >= 11 is 0. The summed E-state index contributed by atoms with van der Waals surface area (Å²) < 4.78 is 0. The summed E-state index contributed by atoms with van der Waals surface area (Å²) in [6, 6.07) is 0.617. The first-order valence-corrected chi connectivity index (χ1v) is 19.0. The average molecular weight is 597 g/mol. The topological polar surface area (TPSA) is 49.4 Å². The van der Waals surface area contributed by atoms with E-state index in [0.717, 1.165) is 24.7 Å². The summed E-state index contributed by atoms with van der Waals surface area (Å²) in [7, 11) is 2.01. The molecule has 3 fully saturated rings. The number of unbranched alkanes of at least 4 members (excludes halogenated alkanes) is 14. The second-order valence-electron chi connectivity index (χ2n) is 15.9. The van der Waals surface area contributed by atoms with Crippen LogP contribution in [0.5, 0.6) is 0 Å². The van der Waals surface area contributed by atoms with Gasteiger partial charge >= 0.3 is 0 Å². The number of likely N-dealkylation sites (N-methyl/N-ethyl adjacent to an activating group) is 1. The predicted molar refractivity (Wildman–Crippen MR) is 181 cm³/mol. The first-order valence-electron chi connectivity index (χ1n) is 19.0. The summed E-state index contributed by atoms with van der Waals surface area (Å²) in [6.07, 6.45) is 32.7. The number of nitrogens with zero attached hydrogens (tertiary/aromatic N) is 1. The Morgan fingerprint density at radius 3 is 2.02 bits per heavy atom. The quantitative estimate of drug-likeness (QED) is 0.160. The van der Waals surface area contributed by atoms with Crippen LogP contribution >= 0.6 is 0 Å². The summed E-state index contributed by atoms with van der Waals surface area (Å²) in [5, 5.41) is 3.47. The van der Waals surface area contributed by atoms with Gasteiger partial charge in [-0.1, -0.05) is 117 Å². The minimum absolute atomic E-state index is 0.109. The zero-order chi connectivity index (χ0) is 30.9. The molecule has 0 spiro atoms. The van der Waals surface area contributed by atoms with Gasteiger partial charge in [0.15, 0.2) is 0 Å². The molecule has 4 nitrogen and oxygen atoms in total. The van der Waals surface area contributed by atoms with E-state index in [1.165, 1.54) is 122 Å². The molecule has 3 saturated carbocycles. The maximum absolute atomic E-state index is 12.9. The van der Waals surface area contributed by atoms with Crippen LogP contribution in [0, 0.1) is 34.5 Å². The predicted octanol–water partition coefficient (Wildman–Crippen LogP) is 10.0. The fourth-order valence-electron chi connectivity index (χ4n) is 10.7. The van der Waals surface area contributed by atoms with Crippen LogP contribution in [0.25, 0.3) is 0 Å². The Labute approximate surface area is 266 Å². The van der Waals surface area contributed by atoms with Crippen LogP contribution in [0.1, 0.15) is 169 Å². The maximum Gasteiger partial charge on any atom is 0.246 e. The van der Waals surface area contributed by atoms with Crippen molar-refractivity contribution in [2.24, 2.45) is 34.5 Å². The molecule has 4 aliphatic rings. The minimum Gasteiger partial charge on any atom is -0.353 e. The molecule has 43 heavy (non-hydrogen) atoms. The number of carbonyl (C=O) groups excluding carboxylic acids is 2. The fourth-order valence-corrected chi connectivity index (χ4v) is 10.7. The first kappa shape index (κ1) is 34.6. The van der Waals surface area contributed by atoms with Crippen molar-refractivity contribution in [3.05, 3.63) is 12.2 Å². The Balaban J connectivity index is 1.10. The maximum atomic E-state index is 12.9. The molecule has 1 N–H and O–H groups in total. The lowest BCUT2D eigenvalue weighted by Crippen LogP contribution is -2.60. The minimum atomic E-state index is 0.109. The second-order valence-corrected chi connectivity index (χ2v) is 15.9. The van der Waals surface area contributed by atoms with Crippen molar-refractivity contribution in [1.82, 2.24) is 10.2 Å². The molecule has 0 aromatic carbocycles. The molecular formula is C39H68N2O2. The van der Waals surface area contributed by atoms with Gasteiger partial charge in [-0.2, -0.15) is 0 Å². The zero-order valence-electron chi connectivity index (χ0n) is 28.9. The number of carbonyl (C=O) groups is 2. The number of fused-ring (bicyclic) bond motifs is 5. The molecule has 246 valence electrons. The van der Waals surface area contributed by atoms with Crippen molar-refractivity contribution in [3.63, 3.8) is 0 Å². The Hall–Kier alpha value is -1.32. The zero-order valence-corrected chi connectivity index (χ0v) is 28.9. The van der Waals surface area contributed by atoms with Gasteiger partial charge in [-0.3, -0.25) is 9.59 Å². The monoisotopic (exact) mass is 597 g/mol. The average Bonchev–Trinajstić information content (AvgIpc) is 3.34. The molecule has 4 heteroatoms. The third-order valence-corrected chi connectivity index (χ3v) is 13.2. The summed E-state index contributed by atoms with van der Waals surface area (Å²) in [5.74, 6) is 3.21. The number of amides is 2. The van der Waals surface area contributed by atoms with Gasteiger partial charge in [0.1, 0.15) is 0 Å². The van der Waals surface area contributed by atoms with Crippen LogP contribution in [0.15, 0.2) is 12.2 Å². The molecule has 0 saturated heterocycles. The summed E-state index contributed by atoms with van der Waals surface area (Å²) in [4.78, 5) is 27.4. The van der Waals surface area contributed by atoms with E-state index in [2.05, 4.69) is 39.1 Å². The molecule has 3 aliphatic carbocycles. The number of hydrogen-bond donors (Lipinski definition) is 1. The van der Waals surface area contributed by atoms with E-state index in [4.69, 9.17) is 0 Å². The van der Waals surface area contributed by atoms with E-state index >= 15 is 0 Å². The molecule has 4 rings (SSSR count). The SMILES string of the molecule is CCCCCCCCCCCCCCCCCC(=O)NC(C)[C@H]1CC[C@H]2[C@@H]3CC[C@H]4N(C)C(=O)C=C[C@]4(C)[C@H]3CC[C@]12C. The number of hydrogen-bond acceptors (Lipinski definition) is 2. The van der Waals surface area contributed by atoms with Crippen molar-refractivity contribution in [1.29, 1.82) is 0 Å². The highest BCUT2D eigenvalue weighted by Crippen LogP contribution is 2.65. The van der Waals surface area contributed by atoms with E-state index in [-0.39, 0.29) is 23.3 Å². The van der Waals surface area contributed by atoms with Gasteiger partial charge in [0.05, 0.1) is 0 Å². The first-order chi connectivity index (χ1) is 20.7. The van der Waals surface area contributed by atoms with Crippen LogP contribution in [-0.2, 0) is 9.59 Å². The number of nitrogens with one attached hydrogen (secondary N) is 1. The largest absolute Gasteiger partial charge is 0.353 e.